The third-order valence-electron chi connectivity index (χ3n) is 3.67. The number of anilines is 2. The van der Waals surface area contributed by atoms with Gasteiger partial charge in [-0.15, -0.1) is 10.2 Å². The number of carbonyl (C=O) groups excluding carboxylic acids is 1. The summed E-state index contributed by atoms with van der Waals surface area (Å²) >= 11 is 2.86. The van der Waals surface area contributed by atoms with Crippen LogP contribution in [0.3, 0.4) is 0 Å². The highest BCUT2D eigenvalue weighted by Crippen LogP contribution is 2.28. The first-order valence-corrected chi connectivity index (χ1v) is 11.9. The normalized spacial score (nSPS) is 11.4. The highest BCUT2D eigenvalue weighted by Gasteiger charge is 2.16. The molecule has 7 nitrogen and oxygen atoms in total. The summed E-state index contributed by atoms with van der Waals surface area (Å²) in [7, 11) is -3.74. The Bertz CT molecular complexity index is 1110. The first-order valence-electron chi connectivity index (χ1n) is 8.74. The molecule has 0 saturated carbocycles. The van der Waals surface area contributed by atoms with Crippen molar-refractivity contribution in [1.82, 2.24) is 10.2 Å². The fourth-order valence-corrected chi connectivity index (χ4v) is 5.35. The molecule has 0 spiro atoms. The highest BCUT2D eigenvalue weighted by molar-refractivity contribution is 8.01. The van der Waals surface area contributed by atoms with Gasteiger partial charge in [0.25, 0.3) is 15.9 Å². The maximum absolute atomic E-state index is 12.5. The summed E-state index contributed by atoms with van der Waals surface area (Å²) in [5.41, 5.74) is 1.57. The van der Waals surface area contributed by atoms with Gasteiger partial charge >= 0.3 is 0 Å². The zero-order valence-electron chi connectivity index (χ0n) is 16.0. The molecule has 3 aromatic rings. The van der Waals surface area contributed by atoms with E-state index in [0.717, 1.165) is 9.90 Å². The molecule has 152 valence electrons. The van der Waals surface area contributed by atoms with E-state index in [0.29, 0.717) is 21.6 Å². The number of amides is 1. The van der Waals surface area contributed by atoms with Gasteiger partial charge in [-0.2, -0.15) is 0 Å². The van der Waals surface area contributed by atoms with Gasteiger partial charge < -0.3 is 0 Å². The number of carbonyl (C=O) groups is 1. The summed E-state index contributed by atoms with van der Waals surface area (Å²) in [6.45, 7) is 5.98. The lowest BCUT2D eigenvalue weighted by atomic mass is 10.2. The molecule has 3 rings (SSSR count). The molecule has 29 heavy (non-hydrogen) atoms. The van der Waals surface area contributed by atoms with Crippen molar-refractivity contribution in [2.45, 2.75) is 35.3 Å². The van der Waals surface area contributed by atoms with E-state index in [1.54, 1.807) is 42.1 Å². The number of aromatic nitrogens is 2. The van der Waals surface area contributed by atoms with Crippen LogP contribution >= 0.6 is 23.1 Å². The molecular weight excluding hydrogens is 428 g/mol. The van der Waals surface area contributed by atoms with E-state index in [-0.39, 0.29) is 4.90 Å². The Morgan fingerprint density at radius 1 is 1.10 bits per heavy atom. The van der Waals surface area contributed by atoms with E-state index in [9.17, 15) is 13.2 Å². The molecule has 0 unspecified atom stereocenters. The van der Waals surface area contributed by atoms with Crippen molar-refractivity contribution in [3.8, 4) is 0 Å². The first-order chi connectivity index (χ1) is 13.7. The summed E-state index contributed by atoms with van der Waals surface area (Å²) in [6, 6.07) is 12.8. The van der Waals surface area contributed by atoms with Crippen LogP contribution < -0.4 is 10.0 Å². The summed E-state index contributed by atoms with van der Waals surface area (Å²) in [6.07, 6.45) is 0. The van der Waals surface area contributed by atoms with Gasteiger partial charge in [-0.05, 0) is 37.3 Å². The van der Waals surface area contributed by atoms with Gasteiger partial charge in [-0.3, -0.25) is 14.8 Å². The standard InChI is InChI=1S/C19H20N4O3S3/c1-12(2)27-19-22-21-18(28-19)20-17(24)14-5-4-6-15(11-14)23-29(25,26)16-9-7-13(3)8-10-16/h4-12,23H,1-3H3,(H,20,21,24). The third kappa shape index (κ3) is 5.78. The Morgan fingerprint density at radius 3 is 2.52 bits per heavy atom. The molecule has 1 aromatic heterocycles. The van der Waals surface area contributed by atoms with Gasteiger partial charge in [-0.1, -0.05) is 60.7 Å². The van der Waals surface area contributed by atoms with Gasteiger partial charge in [0.2, 0.25) is 5.13 Å². The Kier molecular flexibility index (Phi) is 6.56. The number of hydrogen-bond donors (Lipinski definition) is 2. The number of nitrogens with one attached hydrogen (secondary N) is 2. The lowest BCUT2D eigenvalue weighted by Crippen LogP contribution is -2.15. The first kappa shape index (κ1) is 21.3. The van der Waals surface area contributed by atoms with E-state index in [2.05, 4.69) is 20.2 Å². The van der Waals surface area contributed by atoms with Crippen molar-refractivity contribution in [3.63, 3.8) is 0 Å². The van der Waals surface area contributed by atoms with Gasteiger partial charge in [0.05, 0.1) is 4.90 Å². The fourth-order valence-electron chi connectivity index (χ4n) is 2.33. The number of rotatable bonds is 7. The number of aryl methyl sites for hydroxylation is 1. The zero-order chi connectivity index (χ0) is 21.0. The Labute approximate surface area is 178 Å². The highest BCUT2D eigenvalue weighted by atomic mass is 32.2. The van der Waals surface area contributed by atoms with Crippen LogP contribution in [-0.2, 0) is 10.0 Å². The van der Waals surface area contributed by atoms with Crippen LogP contribution in [0.2, 0.25) is 0 Å². The lowest BCUT2D eigenvalue weighted by molar-refractivity contribution is 0.102. The van der Waals surface area contributed by atoms with Crippen molar-refractivity contribution in [2.75, 3.05) is 10.0 Å². The molecule has 1 amide bonds. The van der Waals surface area contributed by atoms with Crippen LogP contribution in [-0.4, -0.2) is 29.8 Å². The second-order valence-electron chi connectivity index (χ2n) is 6.49. The molecule has 1 heterocycles. The summed E-state index contributed by atoms with van der Waals surface area (Å²) in [5.74, 6) is -0.390. The Balaban J connectivity index is 1.72. The molecule has 0 aliphatic rings. The van der Waals surface area contributed by atoms with Gasteiger partial charge in [0.15, 0.2) is 4.34 Å². The third-order valence-corrected chi connectivity index (χ3v) is 7.00. The molecule has 10 heteroatoms. The van der Waals surface area contributed by atoms with E-state index < -0.39 is 15.9 Å². The Hall–Kier alpha value is -2.43. The zero-order valence-corrected chi connectivity index (χ0v) is 18.5. The molecular formula is C19H20N4O3S3. The summed E-state index contributed by atoms with van der Waals surface area (Å²) < 4.78 is 28.4. The van der Waals surface area contributed by atoms with E-state index in [4.69, 9.17) is 0 Å². The number of nitrogens with zero attached hydrogens (tertiary/aromatic N) is 2. The van der Waals surface area contributed by atoms with Crippen molar-refractivity contribution >= 4 is 49.8 Å². The van der Waals surface area contributed by atoms with Gasteiger partial charge in [0, 0.05) is 16.5 Å². The maximum Gasteiger partial charge on any atom is 0.261 e. The van der Waals surface area contributed by atoms with Crippen molar-refractivity contribution in [1.29, 1.82) is 0 Å². The summed E-state index contributed by atoms with van der Waals surface area (Å²) in [5, 5.41) is 11.5. The average molecular weight is 449 g/mol. The smallest absolute Gasteiger partial charge is 0.261 e. The minimum atomic E-state index is -3.74. The number of thioether (sulfide) groups is 1. The van der Waals surface area contributed by atoms with Gasteiger partial charge in [-0.25, -0.2) is 8.42 Å². The van der Waals surface area contributed by atoms with Gasteiger partial charge in [0.1, 0.15) is 0 Å². The SMILES string of the molecule is Cc1ccc(S(=O)(=O)Nc2cccc(C(=O)Nc3nnc(SC(C)C)s3)c2)cc1. The second kappa shape index (κ2) is 8.93. The Morgan fingerprint density at radius 2 is 1.83 bits per heavy atom. The molecule has 0 aliphatic heterocycles. The minimum absolute atomic E-state index is 0.155. The van der Waals surface area contributed by atoms with Crippen molar-refractivity contribution < 1.29 is 13.2 Å². The number of sulfonamides is 1. The van der Waals surface area contributed by atoms with Crippen molar-refractivity contribution in [2.24, 2.45) is 0 Å². The average Bonchev–Trinajstić information content (AvgIpc) is 3.08. The van der Waals surface area contributed by atoms with Crippen LogP contribution in [0.1, 0.15) is 29.8 Å². The fraction of sp³-hybridized carbons (Fsp3) is 0.211. The van der Waals surface area contributed by atoms with Crippen LogP contribution in [0.5, 0.6) is 0 Å². The maximum atomic E-state index is 12.5. The van der Waals surface area contributed by atoms with E-state index in [1.807, 2.05) is 20.8 Å². The summed E-state index contributed by atoms with van der Waals surface area (Å²) in [4.78, 5) is 12.7. The number of benzene rings is 2. The van der Waals surface area contributed by atoms with Crippen LogP contribution in [0.15, 0.2) is 57.8 Å². The monoisotopic (exact) mass is 448 g/mol. The van der Waals surface area contributed by atoms with Crippen LogP contribution in [0, 0.1) is 6.92 Å². The molecule has 0 saturated heterocycles. The van der Waals surface area contributed by atoms with E-state index >= 15 is 0 Å². The lowest BCUT2D eigenvalue weighted by Gasteiger charge is -2.09. The van der Waals surface area contributed by atoms with E-state index in [1.165, 1.54) is 29.5 Å². The molecule has 0 bridgehead atoms. The quantitative estimate of drug-likeness (QED) is 0.410. The van der Waals surface area contributed by atoms with Crippen molar-refractivity contribution in [3.05, 3.63) is 59.7 Å². The molecule has 2 N–H and O–H groups in total. The molecule has 0 fully saturated rings. The largest absolute Gasteiger partial charge is 0.296 e. The number of hydrogen-bond acceptors (Lipinski definition) is 7. The predicted octanol–water partition coefficient (Wildman–Crippen LogP) is 4.40. The van der Waals surface area contributed by atoms with Crippen LogP contribution in [0.25, 0.3) is 0 Å². The molecule has 0 aliphatic carbocycles. The topological polar surface area (TPSA) is 101 Å². The minimum Gasteiger partial charge on any atom is -0.296 e. The predicted molar refractivity (Wildman–Crippen MR) is 117 cm³/mol. The second-order valence-corrected chi connectivity index (χ2v) is 11.0. The molecule has 0 atom stereocenters. The van der Waals surface area contributed by atoms with Crippen LogP contribution in [0.4, 0.5) is 10.8 Å². The molecule has 0 radical (unpaired) electrons. The molecule has 2 aromatic carbocycles.